The minimum Gasteiger partial charge on any atom is -0.353 e. The molecule has 5 nitrogen and oxygen atoms in total. The van der Waals surface area contributed by atoms with Crippen molar-refractivity contribution in [1.82, 2.24) is 14.9 Å². The van der Waals surface area contributed by atoms with Crippen LogP contribution in [0.15, 0.2) is 70.6 Å². The first kappa shape index (κ1) is 24.2. The summed E-state index contributed by atoms with van der Waals surface area (Å²) < 4.78 is 2.33. The zero-order chi connectivity index (χ0) is 24.1. The minimum absolute atomic E-state index is 0.0442. The third kappa shape index (κ3) is 5.77. The molecule has 0 aliphatic heterocycles. The van der Waals surface area contributed by atoms with Gasteiger partial charge in [-0.2, -0.15) is 0 Å². The van der Waals surface area contributed by atoms with E-state index in [1.165, 1.54) is 28.7 Å². The Morgan fingerprint density at radius 2 is 1.88 bits per heavy atom. The van der Waals surface area contributed by atoms with Crippen LogP contribution in [-0.2, 0) is 11.3 Å². The Balaban J connectivity index is 1.69. The molecule has 1 amide bonds. The van der Waals surface area contributed by atoms with Gasteiger partial charge in [0.15, 0.2) is 5.16 Å². The van der Waals surface area contributed by atoms with E-state index in [0.717, 1.165) is 28.8 Å². The van der Waals surface area contributed by atoms with Crippen molar-refractivity contribution in [3.8, 4) is 10.4 Å². The number of hydrogen-bond donors (Lipinski definition) is 1. The maximum Gasteiger partial charge on any atom is 0.272 e. The van der Waals surface area contributed by atoms with Crippen LogP contribution in [0.3, 0.4) is 0 Å². The van der Waals surface area contributed by atoms with E-state index in [1.807, 2.05) is 43.3 Å². The number of nitrogens with one attached hydrogen (secondary N) is 1. The molecule has 0 radical (unpaired) electrons. The van der Waals surface area contributed by atoms with Gasteiger partial charge < -0.3 is 5.32 Å². The molecule has 2 aromatic carbocycles. The number of thiophene rings is 1. The van der Waals surface area contributed by atoms with Crippen LogP contribution in [0.2, 0.25) is 0 Å². The normalized spacial score (nSPS) is 12.1. The predicted molar refractivity (Wildman–Crippen MR) is 143 cm³/mol. The summed E-state index contributed by atoms with van der Waals surface area (Å²) in [6, 6.07) is 20.3. The average Bonchev–Trinajstić information content (AvgIpc) is 3.25. The molecule has 0 spiro atoms. The van der Waals surface area contributed by atoms with Gasteiger partial charge in [0, 0.05) is 10.9 Å². The van der Waals surface area contributed by atoms with Crippen molar-refractivity contribution >= 4 is 39.2 Å². The second kappa shape index (κ2) is 11.0. The van der Waals surface area contributed by atoms with Gasteiger partial charge in [0.1, 0.15) is 4.70 Å². The maximum absolute atomic E-state index is 13.6. The van der Waals surface area contributed by atoms with E-state index >= 15 is 0 Å². The second-order valence-corrected chi connectivity index (χ2v) is 10.5. The zero-order valence-corrected chi connectivity index (χ0v) is 21.3. The van der Waals surface area contributed by atoms with Crippen molar-refractivity contribution in [1.29, 1.82) is 0 Å². The summed E-state index contributed by atoms with van der Waals surface area (Å²) in [5.74, 6) is 0.174. The lowest BCUT2D eigenvalue weighted by Crippen LogP contribution is -2.34. The molecule has 0 aliphatic rings. The number of nitrogens with zero attached hydrogens (tertiary/aromatic N) is 2. The van der Waals surface area contributed by atoms with Gasteiger partial charge >= 0.3 is 0 Å². The number of carbonyl (C=O) groups excluding carboxylic acids is 1. The van der Waals surface area contributed by atoms with Gasteiger partial charge in [0.05, 0.1) is 17.8 Å². The van der Waals surface area contributed by atoms with Crippen molar-refractivity contribution in [2.45, 2.75) is 51.4 Å². The van der Waals surface area contributed by atoms with Crippen molar-refractivity contribution in [3.63, 3.8) is 0 Å². The molecular weight excluding hydrogens is 462 g/mol. The molecule has 2 aromatic heterocycles. The Morgan fingerprint density at radius 1 is 1.15 bits per heavy atom. The lowest BCUT2D eigenvalue weighted by molar-refractivity contribution is -0.119. The average molecular weight is 492 g/mol. The molecule has 176 valence electrons. The summed E-state index contributed by atoms with van der Waals surface area (Å²) >= 11 is 2.79. The summed E-state index contributed by atoms with van der Waals surface area (Å²) in [4.78, 5) is 31.9. The van der Waals surface area contributed by atoms with Crippen molar-refractivity contribution in [3.05, 3.63) is 82.1 Å². The largest absolute Gasteiger partial charge is 0.353 e. The van der Waals surface area contributed by atoms with Crippen LogP contribution in [0.1, 0.15) is 37.8 Å². The fourth-order valence-corrected chi connectivity index (χ4v) is 5.68. The molecule has 7 heteroatoms. The Kier molecular flexibility index (Phi) is 7.85. The molecule has 0 fully saturated rings. The lowest BCUT2D eigenvalue weighted by atomic mass is 10.1. The maximum atomic E-state index is 13.6. The molecule has 2 heterocycles. The fraction of sp³-hybridized carbons (Fsp3) is 0.296. The number of aryl methyl sites for hydroxylation is 1. The molecule has 4 aromatic rings. The number of carbonyl (C=O) groups is 1. The molecule has 1 N–H and O–H groups in total. The molecule has 0 aliphatic carbocycles. The first-order valence-electron chi connectivity index (χ1n) is 11.5. The molecule has 0 saturated heterocycles. The highest BCUT2D eigenvalue weighted by Gasteiger charge is 2.17. The van der Waals surface area contributed by atoms with Gasteiger partial charge in [-0.3, -0.25) is 14.2 Å². The topological polar surface area (TPSA) is 64.0 Å². The van der Waals surface area contributed by atoms with Gasteiger partial charge in [0.2, 0.25) is 5.91 Å². The number of thioether (sulfide) groups is 1. The van der Waals surface area contributed by atoms with Gasteiger partial charge in [-0.1, -0.05) is 85.3 Å². The number of amides is 1. The van der Waals surface area contributed by atoms with E-state index in [4.69, 9.17) is 4.98 Å². The standard InChI is InChI=1S/C27H29N3O2S2/c1-4-8-19(3)28-24(31)17-33-27-29-22-15-23(21-13-11-18(2)12-14-21)34-25(22)26(32)30(27)16-20-9-6-5-7-10-20/h5-7,9-15,19H,4,8,16-17H2,1-3H3,(H,28,31). The summed E-state index contributed by atoms with van der Waals surface area (Å²) in [6.07, 6.45) is 1.96. The highest BCUT2D eigenvalue weighted by Crippen LogP contribution is 2.32. The minimum atomic E-state index is -0.0699. The number of benzene rings is 2. The Morgan fingerprint density at radius 3 is 2.59 bits per heavy atom. The van der Waals surface area contributed by atoms with Crippen molar-refractivity contribution < 1.29 is 4.79 Å². The molecule has 4 rings (SSSR count). The Bertz CT molecular complexity index is 1330. The van der Waals surface area contributed by atoms with Gasteiger partial charge in [0.25, 0.3) is 5.56 Å². The predicted octanol–water partition coefficient (Wildman–Crippen LogP) is 5.88. The highest BCUT2D eigenvalue weighted by molar-refractivity contribution is 7.99. The van der Waals surface area contributed by atoms with E-state index in [0.29, 0.717) is 21.9 Å². The highest BCUT2D eigenvalue weighted by atomic mass is 32.2. The Labute approximate surface area is 208 Å². The van der Waals surface area contributed by atoms with E-state index in [2.05, 4.69) is 43.4 Å². The molecule has 34 heavy (non-hydrogen) atoms. The quantitative estimate of drug-likeness (QED) is 0.235. The second-order valence-electron chi connectivity index (χ2n) is 8.51. The van der Waals surface area contributed by atoms with Gasteiger partial charge in [-0.05, 0) is 37.5 Å². The number of aromatic nitrogens is 2. The molecular formula is C27H29N3O2S2. The molecule has 1 atom stereocenters. The smallest absolute Gasteiger partial charge is 0.272 e. The van der Waals surface area contributed by atoms with Crippen LogP contribution in [-0.4, -0.2) is 27.3 Å². The lowest BCUT2D eigenvalue weighted by Gasteiger charge is -2.14. The van der Waals surface area contributed by atoms with Crippen LogP contribution in [0.5, 0.6) is 0 Å². The van der Waals surface area contributed by atoms with Crippen LogP contribution < -0.4 is 10.9 Å². The summed E-state index contributed by atoms with van der Waals surface area (Å²) in [6.45, 7) is 6.59. The van der Waals surface area contributed by atoms with Crippen LogP contribution in [0.4, 0.5) is 0 Å². The van der Waals surface area contributed by atoms with E-state index in [1.54, 1.807) is 4.57 Å². The van der Waals surface area contributed by atoms with Crippen LogP contribution in [0, 0.1) is 6.92 Å². The first-order chi connectivity index (χ1) is 16.4. The van der Waals surface area contributed by atoms with Crippen LogP contribution in [0.25, 0.3) is 20.7 Å². The van der Waals surface area contributed by atoms with E-state index in [9.17, 15) is 9.59 Å². The summed E-state index contributed by atoms with van der Waals surface area (Å²) in [5, 5.41) is 3.59. The first-order valence-corrected chi connectivity index (χ1v) is 13.3. The zero-order valence-electron chi connectivity index (χ0n) is 19.7. The van der Waals surface area contributed by atoms with Crippen molar-refractivity contribution in [2.24, 2.45) is 0 Å². The molecule has 1 unspecified atom stereocenters. The third-order valence-electron chi connectivity index (χ3n) is 5.58. The van der Waals surface area contributed by atoms with E-state index < -0.39 is 0 Å². The van der Waals surface area contributed by atoms with Gasteiger partial charge in [-0.15, -0.1) is 11.3 Å². The number of fused-ring (bicyclic) bond motifs is 1. The fourth-order valence-electron chi connectivity index (χ4n) is 3.82. The van der Waals surface area contributed by atoms with E-state index in [-0.39, 0.29) is 23.3 Å². The third-order valence-corrected chi connectivity index (χ3v) is 7.72. The number of hydrogen-bond acceptors (Lipinski definition) is 5. The molecule has 0 bridgehead atoms. The van der Waals surface area contributed by atoms with Crippen molar-refractivity contribution in [2.75, 3.05) is 5.75 Å². The van der Waals surface area contributed by atoms with Crippen LogP contribution >= 0.6 is 23.1 Å². The monoisotopic (exact) mass is 491 g/mol. The molecule has 0 saturated carbocycles. The van der Waals surface area contributed by atoms with Gasteiger partial charge in [-0.25, -0.2) is 4.98 Å². The number of rotatable bonds is 9. The Hall–Kier alpha value is -2.90. The summed E-state index contributed by atoms with van der Waals surface area (Å²) in [7, 11) is 0. The summed E-state index contributed by atoms with van der Waals surface area (Å²) in [5.41, 5.74) is 3.89. The SMILES string of the molecule is CCCC(C)NC(=O)CSc1nc2cc(-c3ccc(C)cc3)sc2c(=O)n1Cc1ccccc1.